The smallest absolute Gasteiger partial charge is 0.222 e. The van der Waals surface area contributed by atoms with Crippen molar-refractivity contribution in [3.8, 4) is 11.5 Å². The van der Waals surface area contributed by atoms with Gasteiger partial charge in [-0.15, -0.1) is 0 Å². The van der Waals surface area contributed by atoms with Crippen LogP contribution in [0.3, 0.4) is 0 Å². The Labute approximate surface area is 155 Å². The molecule has 1 fully saturated rings. The lowest BCUT2D eigenvalue weighted by Crippen LogP contribution is -2.45. The lowest BCUT2D eigenvalue weighted by atomic mass is 10.1. The van der Waals surface area contributed by atoms with Gasteiger partial charge in [-0.3, -0.25) is 9.79 Å². The molecule has 1 aliphatic rings. The maximum atomic E-state index is 11.8. The van der Waals surface area contributed by atoms with Crippen LogP contribution < -0.4 is 20.1 Å². The Morgan fingerprint density at radius 1 is 1.35 bits per heavy atom. The molecule has 0 aromatic heterocycles. The molecule has 1 unspecified atom stereocenters. The Bertz CT molecular complexity index is 633. The van der Waals surface area contributed by atoms with Crippen molar-refractivity contribution >= 4 is 11.9 Å². The van der Waals surface area contributed by atoms with Gasteiger partial charge in [-0.1, -0.05) is 6.92 Å². The molecule has 0 bridgehead atoms. The molecule has 1 saturated heterocycles. The molecule has 7 nitrogen and oxygen atoms in total. The van der Waals surface area contributed by atoms with Crippen LogP contribution in [-0.4, -0.2) is 63.7 Å². The van der Waals surface area contributed by atoms with E-state index in [1.54, 1.807) is 21.3 Å². The highest BCUT2D eigenvalue weighted by Gasteiger charge is 2.25. The Balaban J connectivity index is 1.84. The van der Waals surface area contributed by atoms with Crippen LogP contribution in [0.1, 0.15) is 25.3 Å². The van der Waals surface area contributed by atoms with Crippen LogP contribution in [0, 0.1) is 0 Å². The van der Waals surface area contributed by atoms with Crippen molar-refractivity contribution in [3.05, 3.63) is 23.8 Å². The highest BCUT2D eigenvalue weighted by Crippen LogP contribution is 2.24. The number of methoxy groups -OCH3 is 2. The Kier molecular flexibility index (Phi) is 7.56. The second-order valence-electron chi connectivity index (χ2n) is 6.25. The maximum Gasteiger partial charge on any atom is 0.222 e. The first-order valence-electron chi connectivity index (χ1n) is 9.07. The third-order valence-electron chi connectivity index (χ3n) is 4.58. The first-order valence-corrected chi connectivity index (χ1v) is 9.07. The summed E-state index contributed by atoms with van der Waals surface area (Å²) in [4.78, 5) is 18.0. The topological polar surface area (TPSA) is 75.2 Å². The average molecular weight is 362 g/mol. The molecule has 1 atom stereocenters. The fraction of sp³-hybridized carbons (Fsp3) is 0.579. The Hall–Kier alpha value is -2.44. The minimum atomic E-state index is 0.211. The van der Waals surface area contributed by atoms with Crippen LogP contribution in [0.25, 0.3) is 0 Å². The van der Waals surface area contributed by atoms with Gasteiger partial charge < -0.3 is 25.0 Å². The Morgan fingerprint density at radius 3 is 2.81 bits per heavy atom. The first kappa shape index (κ1) is 19.9. The molecule has 0 aliphatic carbocycles. The monoisotopic (exact) mass is 362 g/mol. The van der Waals surface area contributed by atoms with Gasteiger partial charge in [0.25, 0.3) is 0 Å². The van der Waals surface area contributed by atoms with E-state index >= 15 is 0 Å². The predicted octanol–water partition coefficient (Wildman–Crippen LogP) is 1.42. The number of guanidine groups is 1. The lowest BCUT2D eigenvalue weighted by molar-refractivity contribution is -0.129. The molecule has 1 heterocycles. The standard InChI is InChI=1S/C19H30N4O3/c1-5-18(24)23-11-9-15(13-23)22-19(20-2)21-10-8-14-12-16(25-3)6-7-17(14)26-4/h6-7,12,15H,5,8-11,13H2,1-4H3,(H2,20,21,22). The SMILES string of the molecule is CCC(=O)N1CCC(NC(=NC)NCCc2cc(OC)ccc2OC)C1. The molecule has 2 rings (SSSR count). The van der Waals surface area contributed by atoms with Crippen molar-refractivity contribution in [2.75, 3.05) is 40.9 Å². The number of ether oxygens (including phenoxy) is 2. The zero-order valence-corrected chi connectivity index (χ0v) is 16.2. The summed E-state index contributed by atoms with van der Waals surface area (Å²) in [5, 5.41) is 6.73. The molecule has 0 saturated carbocycles. The third-order valence-corrected chi connectivity index (χ3v) is 4.58. The van der Waals surface area contributed by atoms with Crippen LogP contribution in [0.2, 0.25) is 0 Å². The third kappa shape index (κ3) is 5.28. The summed E-state index contributed by atoms with van der Waals surface area (Å²) in [6, 6.07) is 6.03. The van der Waals surface area contributed by atoms with Crippen molar-refractivity contribution in [2.45, 2.75) is 32.2 Å². The van der Waals surface area contributed by atoms with E-state index < -0.39 is 0 Å². The van der Waals surface area contributed by atoms with Gasteiger partial charge in [0.1, 0.15) is 11.5 Å². The lowest BCUT2D eigenvalue weighted by Gasteiger charge is -2.19. The molecule has 1 aromatic carbocycles. The van der Waals surface area contributed by atoms with Crippen LogP contribution in [-0.2, 0) is 11.2 Å². The molecular formula is C19H30N4O3. The van der Waals surface area contributed by atoms with Crippen LogP contribution in [0.5, 0.6) is 11.5 Å². The average Bonchev–Trinajstić information content (AvgIpc) is 3.14. The molecule has 144 valence electrons. The van der Waals surface area contributed by atoms with Gasteiger partial charge >= 0.3 is 0 Å². The summed E-state index contributed by atoms with van der Waals surface area (Å²) < 4.78 is 10.7. The number of rotatable bonds is 7. The Morgan fingerprint density at radius 2 is 2.15 bits per heavy atom. The number of benzene rings is 1. The van der Waals surface area contributed by atoms with Crippen molar-refractivity contribution in [1.29, 1.82) is 0 Å². The minimum absolute atomic E-state index is 0.211. The fourth-order valence-electron chi connectivity index (χ4n) is 3.11. The summed E-state index contributed by atoms with van der Waals surface area (Å²) in [6.07, 6.45) is 2.28. The number of amides is 1. The van der Waals surface area contributed by atoms with Crippen LogP contribution >= 0.6 is 0 Å². The van der Waals surface area contributed by atoms with Gasteiger partial charge in [0.05, 0.1) is 14.2 Å². The zero-order chi connectivity index (χ0) is 18.9. The largest absolute Gasteiger partial charge is 0.497 e. The van der Waals surface area contributed by atoms with Gasteiger partial charge in [0.2, 0.25) is 5.91 Å². The number of aliphatic imine (C=N–C) groups is 1. The second kappa shape index (κ2) is 9.89. The van der Waals surface area contributed by atoms with Crippen molar-refractivity contribution < 1.29 is 14.3 Å². The van der Waals surface area contributed by atoms with Crippen LogP contribution in [0.4, 0.5) is 0 Å². The van der Waals surface area contributed by atoms with E-state index in [9.17, 15) is 4.79 Å². The molecule has 1 amide bonds. The molecule has 0 radical (unpaired) electrons. The van der Waals surface area contributed by atoms with E-state index in [0.717, 1.165) is 49.0 Å². The van der Waals surface area contributed by atoms with E-state index in [2.05, 4.69) is 15.6 Å². The van der Waals surface area contributed by atoms with Crippen LogP contribution in [0.15, 0.2) is 23.2 Å². The maximum absolute atomic E-state index is 11.8. The van der Waals surface area contributed by atoms with Crippen molar-refractivity contribution in [1.82, 2.24) is 15.5 Å². The molecular weight excluding hydrogens is 332 g/mol. The van der Waals surface area contributed by atoms with E-state index in [1.165, 1.54) is 0 Å². The number of carbonyl (C=O) groups is 1. The predicted molar refractivity (Wildman–Crippen MR) is 103 cm³/mol. The van der Waals surface area contributed by atoms with Crippen molar-refractivity contribution in [2.24, 2.45) is 4.99 Å². The highest BCUT2D eigenvalue weighted by atomic mass is 16.5. The summed E-state index contributed by atoms with van der Waals surface area (Å²) in [5.74, 6) is 2.63. The number of hydrogen-bond acceptors (Lipinski definition) is 4. The number of nitrogens with one attached hydrogen (secondary N) is 2. The molecule has 1 aliphatic heterocycles. The molecule has 26 heavy (non-hydrogen) atoms. The van der Waals surface area contributed by atoms with E-state index in [-0.39, 0.29) is 11.9 Å². The summed E-state index contributed by atoms with van der Waals surface area (Å²) in [7, 11) is 5.08. The summed E-state index contributed by atoms with van der Waals surface area (Å²) in [6.45, 7) is 4.16. The molecule has 7 heteroatoms. The highest BCUT2D eigenvalue weighted by molar-refractivity contribution is 5.80. The van der Waals surface area contributed by atoms with Gasteiger partial charge in [0.15, 0.2) is 5.96 Å². The molecule has 2 N–H and O–H groups in total. The van der Waals surface area contributed by atoms with Gasteiger partial charge in [-0.25, -0.2) is 0 Å². The zero-order valence-electron chi connectivity index (χ0n) is 16.2. The van der Waals surface area contributed by atoms with Crippen molar-refractivity contribution in [3.63, 3.8) is 0 Å². The molecule has 1 aromatic rings. The summed E-state index contributed by atoms with van der Waals surface area (Å²) in [5.41, 5.74) is 1.08. The fourth-order valence-corrected chi connectivity index (χ4v) is 3.11. The van der Waals surface area contributed by atoms with E-state index in [0.29, 0.717) is 13.0 Å². The van der Waals surface area contributed by atoms with Gasteiger partial charge in [-0.05, 0) is 36.6 Å². The quantitative estimate of drug-likeness (QED) is 0.567. The van der Waals surface area contributed by atoms with Gasteiger partial charge in [0, 0.05) is 39.1 Å². The normalized spacial score (nSPS) is 17.2. The first-order chi connectivity index (χ1) is 12.6. The summed E-state index contributed by atoms with van der Waals surface area (Å²) >= 11 is 0. The minimum Gasteiger partial charge on any atom is -0.497 e. The van der Waals surface area contributed by atoms with Gasteiger partial charge in [-0.2, -0.15) is 0 Å². The number of nitrogens with zero attached hydrogens (tertiary/aromatic N) is 2. The number of likely N-dealkylation sites (tertiary alicyclic amines) is 1. The number of carbonyl (C=O) groups excluding carboxylic acids is 1. The molecule has 0 spiro atoms. The number of hydrogen-bond donors (Lipinski definition) is 2. The second-order valence-corrected chi connectivity index (χ2v) is 6.25. The van der Waals surface area contributed by atoms with E-state index in [4.69, 9.17) is 9.47 Å². The van der Waals surface area contributed by atoms with E-state index in [1.807, 2.05) is 30.0 Å².